The largest absolute Gasteiger partial charge is 0.493 e. The zero-order chi connectivity index (χ0) is 12.3. The molecular formula is C11H13N3O2S. The molecule has 0 spiro atoms. The monoisotopic (exact) mass is 251 g/mol. The van der Waals surface area contributed by atoms with E-state index in [1.165, 1.54) is 11.8 Å². The van der Waals surface area contributed by atoms with E-state index >= 15 is 0 Å². The van der Waals surface area contributed by atoms with Gasteiger partial charge in [-0.15, -0.1) is 5.10 Å². The molecule has 0 aliphatic heterocycles. The van der Waals surface area contributed by atoms with Crippen LogP contribution in [-0.4, -0.2) is 35.7 Å². The van der Waals surface area contributed by atoms with Crippen molar-refractivity contribution in [2.75, 3.05) is 20.5 Å². The predicted molar refractivity (Wildman–Crippen MR) is 66.7 cm³/mol. The Labute approximate surface area is 104 Å². The first-order valence-corrected chi connectivity index (χ1v) is 6.19. The number of benzene rings is 1. The summed E-state index contributed by atoms with van der Waals surface area (Å²) in [5.74, 6) is 2.09. The van der Waals surface area contributed by atoms with Crippen molar-refractivity contribution in [2.45, 2.75) is 5.16 Å². The maximum atomic E-state index is 5.24. The van der Waals surface area contributed by atoms with Gasteiger partial charge in [-0.2, -0.15) is 0 Å². The minimum atomic E-state index is 0.673. The van der Waals surface area contributed by atoms with E-state index in [1.54, 1.807) is 14.2 Å². The molecule has 6 heteroatoms. The highest BCUT2D eigenvalue weighted by Gasteiger charge is 2.09. The number of nitrogens with zero attached hydrogens (tertiary/aromatic N) is 2. The lowest BCUT2D eigenvalue weighted by molar-refractivity contribution is 0.355. The average Bonchev–Trinajstić information content (AvgIpc) is 2.86. The highest BCUT2D eigenvalue weighted by atomic mass is 32.2. The molecule has 0 amide bonds. The van der Waals surface area contributed by atoms with Gasteiger partial charge in [-0.25, -0.2) is 4.98 Å². The number of H-pyrrole nitrogens is 1. The molecule has 0 aliphatic carbocycles. The quantitative estimate of drug-likeness (QED) is 0.844. The van der Waals surface area contributed by atoms with Crippen LogP contribution in [0.5, 0.6) is 11.5 Å². The fraction of sp³-hybridized carbons (Fsp3) is 0.273. The molecule has 5 nitrogen and oxygen atoms in total. The molecule has 1 aromatic heterocycles. The third-order valence-corrected chi connectivity index (χ3v) is 2.85. The van der Waals surface area contributed by atoms with Gasteiger partial charge in [0.1, 0.15) is 0 Å². The van der Waals surface area contributed by atoms with Gasteiger partial charge < -0.3 is 9.47 Å². The first kappa shape index (κ1) is 11.8. The lowest BCUT2D eigenvalue weighted by atomic mass is 10.2. The second-order valence-corrected chi connectivity index (χ2v) is 4.01. The standard InChI is InChI=1S/C11H13N3O2S/c1-15-8-5-4-7(6-9(8)16-2)10-12-11(17-3)14-13-10/h4-6H,1-3H3,(H,12,13,14). The van der Waals surface area contributed by atoms with Crippen LogP contribution in [0.2, 0.25) is 0 Å². The molecular weight excluding hydrogens is 238 g/mol. The van der Waals surface area contributed by atoms with Gasteiger partial charge in [-0.3, -0.25) is 5.10 Å². The van der Waals surface area contributed by atoms with E-state index in [2.05, 4.69) is 15.2 Å². The summed E-state index contributed by atoms with van der Waals surface area (Å²) in [5.41, 5.74) is 0.912. The van der Waals surface area contributed by atoms with Crippen LogP contribution in [0, 0.1) is 0 Å². The van der Waals surface area contributed by atoms with Crippen LogP contribution < -0.4 is 9.47 Å². The smallest absolute Gasteiger partial charge is 0.208 e. The van der Waals surface area contributed by atoms with Crippen LogP contribution in [-0.2, 0) is 0 Å². The topological polar surface area (TPSA) is 60.0 Å². The van der Waals surface area contributed by atoms with Crippen molar-refractivity contribution in [2.24, 2.45) is 0 Å². The van der Waals surface area contributed by atoms with Gasteiger partial charge in [0.2, 0.25) is 5.16 Å². The molecule has 0 bridgehead atoms. The molecule has 17 heavy (non-hydrogen) atoms. The Morgan fingerprint density at radius 3 is 2.53 bits per heavy atom. The van der Waals surface area contributed by atoms with Crippen LogP contribution >= 0.6 is 11.8 Å². The maximum Gasteiger partial charge on any atom is 0.208 e. The normalized spacial score (nSPS) is 10.3. The van der Waals surface area contributed by atoms with Gasteiger partial charge in [0.15, 0.2) is 17.3 Å². The van der Waals surface area contributed by atoms with Gasteiger partial charge in [-0.05, 0) is 24.5 Å². The van der Waals surface area contributed by atoms with E-state index in [0.717, 1.165) is 16.5 Å². The van der Waals surface area contributed by atoms with Gasteiger partial charge in [0.05, 0.1) is 14.2 Å². The van der Waals surface area contributed by atoms with E-state index in [1.807, 2.05) is 24.5 Å². The summed E-state index contributed by atoms with van der Waals surface area (Å²) >= 11 is 1.49. The van der Waals surface area contributed by atoms with Gasteiger partial charge in [0, 0.05) is 5.56 Å². The van der Waals surface area contributed by atoms with E-state index in [4.69, 9.17) is 9.47 Å². The molecule has 1 heterocycles. The number of hydrogen-bond donors (Lipinski definition) is 1. The molecule has 1 N–H and O–H groups in total. The molecule has 0 aliphatic rings. The number of hydrogen-bond acceptors (Lipinski definition) is 5. The molecule has 0 saturated heterocycles. The number of aromatic nitrogens is 3. The summed E-state index contributed by atoms with van der Waals surface area (Å²) in [6, 6.07) is 5.62. The Hall–Kier alpha value is -1.69. The summed E-state index contributed by atoms with van der Waals surface area (Å²) in [6.07, 6.45) is 1.93. The van der Waals surface area contributed by atoms with Crippen LogP contribution in [0.25, 0.3) is 11.4 Å². The fourth-order valence-corrected chi connectivity index (χ4v) is 1.77. The zero-order valence-electron chi connectivity index (χ0n) is 9.85. The van der Waals surface area contributed by atoms with Crippen molar-refractivity contribution in [3.05, 3.63) is 18.2 Å². The predicted octanol–water partition coefficient (Wildman–Crippen LogP) is 2.21. The van der Waals surface area contributed by atoms with E-state index < -0.39 is 0 Å². The number of thioether (sulfide) groups is 1. The minimum absolute atomic E-state index is 0.673. The Morgan fingerprint density at radius 2 is 1.94 bits per heavy atom. The second-order valence-electron chi connectivity index (χ2n) is 3.24. The molecule has 0 fully saturated rings. The first-order valence-electron chi connectivity index (χ1n) is 4.97. The third kappa shape index (κ3) is 2.36. The van der Waals surface area contributed by atoms with Crippen molar-refractivity contribution in [3.8, 4) is 22.9 Å². The fourth-order valence-electron chi connectivity index (χ4n) is 1.45. The van der Waals surface area contributed by atoms with Crippen LogP contribution in [0.3, 0.4) is 0 Å². The molecule has 0 radical (unpaired) electrons. The Kier molecular flexibility index (Phi) is 3.53. The summed E-state index contributed by atoms with van der Waals surface area (Å²) in [7, 11) is 3.22. The van der Waals surface area contributed by atoms with Crippen molar-refractivity contribution in [1.82, 2.24) is 15.2 Å². The minimum Gasteiger partial charge on any atom is -0.493 e. The average molecular weight is 251 g/mol. The zero-order valence-corrected chi connectivity index (χ0v) is 10.7. The third-order valence-electron chi connectivity index (χ3n) is 2.30. The lowest BCUT2D eigenvalue weighted by Gasteiger charge is -2.07. The molecule has 0 saturated carbocycles. The van der Waals surface area contributed by atoms with E-state index in [9.17, 15) is 0 Å². The van der Waals surface area contributed by atoms with Crippen LogP contribution in [0.1, 0.15) is 0 Å². The summed E-state index contributed by atoms with van der Waals surface area (Å²) < 4.78 is 10.4. The maximum absolute atomic E-state index is 5.24. The van der Waals surface area contributed by atoms with Crippen LogP contribution in [0.15, 0.2) is 23.4 Å². The number of nitrogens with one attached hydrogen (secondary N) is 1. The van der Waals surface area contributed by atoms with Crippen molar-refractivity contribution < 1.29 is 9.47 Å². The SMILES string of the molecule is COc1ccc(-c2nc(SC)n[nH]2)cc1OC. The molecule has 2 rings (SSSR count). The molecule has 90 valence electrons. The summed E-state index contributed by atoms with van der Waals surface area (Å²) in [6.45, 7) is 0. The Bertz CT molecular complexity index is 513. The summed E-state index contributed by atoms with van der Waals surface area (Å²) in [4.78, 5) is 4.33. The Morgan fingerprint density at radius 1 is 1.18 bits per heavy atom. The van der Waals surface area contributed by atoms with Crippen LogP contribution in [0.4, 0.5) is 0 Å². The Balaban J connectivity index is 2.38. The molecule has 1 aromatic carbocycles. The van der Waals surface area contributed by atoms with E-state index in [0.29, 0.717) is 11.5 Å². The van der Waals surface area contributed by atoms with E-state index in [-0.39, 0.29) is 0 Å². The number of methoxy groups -OCH3 is 2. The molecule has 0 atom stereocenters. The lowest BCUT2D eigenvalue weighted by Crippen LogP contribution is -1.91. The van der Waals surface area contributed by atoms with Crippen molar-refractivity contribution in [1.29, 1.82) is 0 Å². The van der Waals surface area contributed by atoms with Crippen molar-refractivity contribution >= 4 is 11.8 Å². The van der Waals surface area contributed by atoms with Crippen molar-refractivity contribution in [3.63, 3.8) is 0 Å². The first-order chi connectivity index (χ1) is 8.28. The van der Waals surface area contributed by atoms with Gasteiger partial charge in [-0.1, -0.05) is 11.8 Å². The van der Waals surface area contributed by atoms with Gasteiger partial charge >= 0.3 is 0 Å². The number of ether oxygens (including phenoxy) is 2. The second kappa shape index (κ2) is 5.09. The van der Waals surface area contributed by atoms with Gasteiger partial charge in [0.25, 0.3) is 0 Å². The molecule has 2 aromatic rings. The highest BCUT2D eigenvalue weighted by molar-refractivity contribution is 7.98. The summed E-state index contributed by atoms with van der Waals surface area (Å²) in [5, 5.41) is 7.66. The number of rotatable bonds is 4. The highest BCUT2D eigenvalue weighted by Crippen LogP contribution is 2.31. The number of aromatic amines is 1. The molecule has 0 unspecified atom stereocenters.